The van der Waals surface area contributed by atoms with Gasteiger partial charge in [-0.1, -0.05) is 6.92 Å². The van der Waals surface area contributed by atoms with Crippen LogP contribution in [0.4, 0.5) is 5.13 Å². The van der Waals surface area contributed by atoms with Crippen LogP contribution in [0.1, 0.15) is 29.0 Å². The van der Waals surface area contributed by atoms with Crippen LogP contribution in [0.3, 0.4) is 0 Å². The lowest BCUT2D eigenvalue weighted by Crippen LogP contribution is -2.28. The van der Waals surface area contributed by atoms with Crippen LogP contribution in [0.15, 0.2) is 12.4 Å². The maximum absolute atomic E-state index is 12.6. The van der Waals surface area contributed by atoms with E-state index in [4.69, 9.17) is 0 Å². The molecule has 2 atom stereocenters. The molecule has 0 bridgehead atoms. The van der Waals surface area contributed by atoms with Crippen molar-refractivity contribution in [1.82, 2.24) is 20.1 Å². The number of aryl methyl sites for hydroxylation is 3. The van der Waals surface area contributed by atoms with Crippen LogP contribution in [0.5, 0.6) is 0 Å². The summed E-state index contributed by atoms with van der Waals surface area (Å²) < 4.78 is 1.78. The lowest BCUT2D eigenvalue weighted by atomic mass is 9.90. The topological polar surface area (TPSA) is 71.8 Å². The Bertz CT molecular complexity index is 683. The molecule has 0 radical (unpaired) electrons. The van der Waals surface area contributed by atoms with Crippen molar-refractivity contribution in [2.24, 2.45) is 13.0 Å². The van der Waals surface area contributed by atoms with Gasteiger partial charge in [0.1, 0.15) is 0 Å². The molecule has 0 aliphatic carbocycles. The Kier molecular flexibility index (Phi) is 5.78. The van der Waals surface area contributed by atoms with E-state index in [9.17, 15) is 4.79 Å². The molecule has 1 aliphatic heterocycles. The van der Waals surface area contributed by atoms with E-state index < -0.39 is 0 Å². The molecular weight excluding hydrogens is 334 g/mol. The first kappa shape index (κ1) is 17.9. The SMILES string of the molecule is CCc1nc(NC(=O)[C@H]2CNC[C@@H]2c2cnn(C)c2)sc1C.Cl. The Morgan fingerprint density at radius 3 is 2.91 bits per heavy atom. The van der Waals surface area contributed by atoms with Gasteiger partial charge in [-0.05, 0) is 18.9 Å². The summed E-state index contributed by atoms with van der Waals surface area (Å²) in [5.41, 5.74) is 2.17. The first-order chi connectivity index (χ1) is 10.6. The van der Waals surface area contributed by atoms with Crippen molar-refractivity contribution in [3.05, 3.63) is 28.5 Å². The summed E-state index contributed by atoms with van der Waals surface area (Å²) in [6.07, 6.45) is 4.73. The number of aromatic nitrogens is 3. The highest BCUT2D eigenvalue weighted by atomic mass is 35.5. The van der Waals surface area contributed by atoms with Crippen molar-refractivity contribution in [2.75, 3.05) is 18.4 Å². The van der Waals surface area contributed by atoms with E-state index in [1.165, 1.54) is 4.88 Å². The molecule has 1 amide bonds. The molecule has 0 saturated carbocycles. The van der Waals surface area contributed by atoms with Gasteiger partial charge in [-0.15, -0.1) is 23.7 Å². The fourth-order valence-electron chi connectivity index (χ4n) is 2.94. The van der Waals surface area contributed by atoms with Gasteiger partial charge in [-0.25, -0.2) is 4.98 Å². The molecule has 1 aliphatic rings. The predicted octanol–water partition coefficient (Wildman–Crippen LogP) is 2.11. The molecular formula is C15H22ClN5OS. The molecule has 2 N–H and O–H groups in total. The minimum Gasteiger partial charge on any atom is -0.315 e. The number of hydrogen-bond acceptors (Lipinski definition) is 5. The number of nitrogens with zero attached hydrogens (tertiary/aromatic N) is 3. The van der Waals surface area contributed by atoms with Crippen molar-refractivity contribution in [3.8, 4) is 0 Å². The molecule has 2 aromatic heterocycles. The number of halogens is 1. The minimum absolute atomic E-state index is 0. The second-order valence-corrected chi connectivity index (χ2v) is 6.89. The number of carbonyl (C=O) groups is 1. The van der Waals surface area contributed by atoms with E-state index in [0.29, 0.717) is 11.7 Å². The van der Waals surface area contributed by atoms with Crippen LogP contribution in [0, 0.1) is 12.8 Å². The second-order valence-electron chi connectivity index (χ2n) is 5.68. The third kappa shape index (κ3) is 3.73. The number of hydrogen-bond donors (Lipinski definition) is 2. The van der Waals surface area contributed by atoms with E-state index in [1.807, 2.05) is 26.4 Å². The summed E-state index contributed by atoms with van der Waals surface area (Å²) in [5.74, 6) is 0.120. The Morgan fingerprint density at radius 2 is 2.30 bits per heavy atom. The average Bonchev–Trinajstić information content (AvgIpc) is 3.18. The molecule has 23 heavy (non-hydrogen) atoms. The van der Waals surface area contributed by atoms with Gasteiger partial charge < -0.3 is 10.6 Å². The van der Waals surface area contributed by atoms with Gasteiger partial charge in [0.05, 0.1) is 17.8 Å². The van der Waals surface area contributed by atoms with Gasteiger partial charge in [0.25, 0.3) is 0 Å². The number of thiazole rings is 1. The van der Waals surface area contributed by atoms with Crippen molar-refractivity contribution >= 4 is 34.8 Å². The largest absolute Gasteiger partial charge is 0.315 e. The van der Waals surface area contributed by atoms with Crippen molar-refractivity contribution < 1.29 is 4.79 Å². The lowest BCUT2D eigenvalue weighted by Gasteiger charge is -2.15. The molecule has 126 valence electrons. The maximum Gasteiger partial charge on any atom is 0.231 e. The fraction of sp³-hybridized carbons (Fsp3) is 0.533. The summed E-state index contributed by atoms with van der Waals surface area (Å²) in [6.45, 7) is 5.62. The van der Waals surface area contributed by atoms with Crippen molar-refractivity contribution in [3.63, 3.8) is 0 Å². The van der Waals surface area contributed by atoms with Gasteiger partial charge in [0.15, 0.2) is 5.13 Å². The zero-order chi connectivity index (χ0) is 15.7. The van der Waals surface area contributed by atoms with E-state index in [-0.39, 0.29) is 30.2 Å². The van der Waals surface area contributed by atoms with E-state index in [0.717, 1.165) is 24.2 Å². The zero-order valence-corrected chi connectivity index (χ0v) is 15.1. The van der Waals surface area contributed by atoms with Gasteiger partial charge in [-0.3, -0.25) is 9.48 Å². The molecule has 6 nitrogen and oxygen atoms in total. The predicted molar refractivity (Wildman–Crippen MR) is 94.4 cm³/mol. The Labute approximate surface area is 146 Å². The van der Waals surface area contributed by atoms with Crippen LogP contribution in [0.25, 0.3) is 0 Å². The highest BCUT2D eigenvalue weighted by molar-refractivity contribution is 7.15. The summed E-state index contributed by atoms with van der Waals surface area (Å²) >= 11 is 1.55. The summed E-state index contributed by atoms with van der Waals surface area (Å²) in [7, 11) is 1.89. The van der Waals surface area contributed by atoms with E-state index in [2.05, 4.69) is 27.6 Å². The molecule has 8 heteroatoms. The number of anilines is 1. The Balaban J connectivity index is 0.00000192. The van der Waals surface area contributed by atoms with Gasteiger partial charge in [0.2, 0.25) is 5.91 Å². The molecule has 0 aromatic carbocycles. The molecule has 3 rings (SSSR count). The molecule has 1 fully saturated rings. The normalized spacial score (nSPS) is 20.3. The van der Waals surface area contributed by atoms with Gasteiger partial charge >= 0.3 is 0 Å². The van der Waals surface area contributed by atoms with Crippen LogP contribution in [-0.4, -0.2) is 33.8 Å². The van der Waals surface area contributed by atoms with Crippen LogP contribution < -0.4 is 10.6 Å². The Morgan fingerprint density at radius 1 is 1.52 bits per heavy atom. The second kappa shape index (κ2) is 7.42. The van der Waals surface area contributed by atoms with Crippen LogP contribution in [0.2, 0.25) is 0 Å². The average molecular weight is 356 g/mol. The Hall–Kier alpha value is -1.44. The van der Waals surface area contributed by atoms with Crippen molar-refractivity contribution in [1.29, 1.82) is 0 Å². The van der Waals surface area contributed by atoms with Crippen molar-refractivity contribution in [2.45, 2.75) is 26.2 Å². The quantitative estimate of drug-likeness (QED) is 0.881. The van der Waals surface area contributed by atoms with Gasteiger partial charge in [0, 0.05) is 37.1 Å². The third-order valence-electron chi connectivity index (χ3n) is 4.16. The smallest absolute Gasteiger partial charge is 0.231 e. The van der Waals surface area contributed by atoms with E-state index >= 15 is 0 Å². The third-order valence-corrected chi connectivity index (χ3v) is 5.09. The highest BCUT2D eigenvalue weighted by Crippen LogP contribution is 2.30. The fourth-order valence-corrected chi connectivity index (χ4v) is 3.85. The molecule has 2 aromatic rings. The minimum atomic E-state index is -0.0847. The number of amides is 1. The first-order valence-electron chi connectivity index (χ1n) is 7.55. The summed E-state index contributed by atoms with van der Waals surface area (Å²) in [4.78, 5) is 18.3. The monoisotopic (exact) mass is 355 g/mol. The maximum atomic E-state index is 12.6. The van der Waals surface area contributed by atoms with Crippen LogP contribution >= 0.6 is 23.7 Å². The van der Waals surface area contributed by atoms with Crippen LogP contribution in [-0.2, 0) is 18.3 Å². The summed E-state index contributed by atoms with van der Waals surface area (Å²) in [6, 6.07) is 0. The number of carbonyl (C=O) groups excluding carboxylic acids is 1. The first-order valence-corrected chi connectivity index (χ1v) is 8.36. The highest BCUT2D eigenvalue weighted by Gasteiger charge is 2.35. The standard InChI is InChI=1S/C15H21N5OS.ClH/c1-4-13-9(2)22-15(18-13)19-14(21)12-7-16-6-11(12)10-5-17-20(3)8-10;/h5,8,11-12,16H,4,6-7H2,1-3H3,(H,18,19,21);1H/t11-,12+;/m1./s1. The van der Waals surface area contributed by atoms with Gasteiger partial charge in [-0.2, -0.15) is 5.10 Å². The zero-order valence-electron chi connectivity index (χ0n) is 13.5. The molecule has 0 unspecified atom stereocenters. The molecule has 3 heterocycles. The molecule has 0 spiro atoms. The number of nitrogens with one attached hydrogen (secondary N) is 2. The lowest BCUT2D eigenvalue weighted by molar-refractivity contribution is -0.119. The number of rotatable bonds is 4. The van der Waals surface area contributed by atoms with E-state index in [1.54, 1.807) is 16.0 Å². The molecule has 1 saturated heterocycles. The summed E-state index contributed by atoms with van der Waals surface area (Å²) in [5, 5.41) is 11.2.